The van der Waals surface area contributed by atoms with Gasteiger partial charge in [0.2, 0.25) is 17.7 Å². The summed E-state index contributed by atoms with van der Waals surface area (Å²) in [7, 11) is 0. The molecule has 10 N–H and O–H groups in total. The van der Waals surface area contributed by atoms with Crippen LogP contribution in [0.4, 0.5) is 0 Å². The van der Waals surface area contributed by atoms with Gasteiger partial charge in [0.15, 0.2) is 0 Å². The van der Waals surface area contributed by atoms with Crippen molar-refractivity contribution >= 4 is 34.6 Å². The molecule has 4 unspecified atom stereocenters. The Labute approximate surface area is 293 Å². The molecule has 5 aromatic rings. The van der Waals surface area contributed by atoms with E-state index < -0.39 is 47.9 Å². The summed E-state index contributed by atoms with van der Waals surface area (Å²) < 4.78 is 0. The zero-order chi connectivity index (χ0) is 36.5. The van der Waals surface area contributed by atoms with Gasteiger partial charge in [-0.1, -0.05) is 54.6 Å². The summed E-state index contributed by atoms with van der Waals surface area (Å²) in [5, 5.41) is 47.8. The predicted molar refractivity (Wildman–Crippen MR) is 189 cm³/mol. The minimum absolute atomic E-state index is 0.00595. The number of nitrogens with two attached hydrogens (primary N) is 1. The van der Waals surface area contributed by atoms with Gasteiger partial charge in [-0.3, -0.25) is 14.4 Å². The summed E-state index contributed by atoms with van der Waals surface area (Å²) in [5.74, 6) is -3.35. The van der Waals surface area contributed by atoms with E-state index in [4.69, 9.17) is 5.73 Å². The summed E-state index contributed by atoms with van der Waals surface area (Å²) in [6.45, 7) is 0. The lowest BCUT2D eigenvalue weighted by atomic mass is 10.00. The first-order chi connectivity index (χ1) is 24.4. The summed E-state index contributed by atoms with van der Waals surface area (Å²) in [5.41, 5.74) is 9.54. The largest absolute Gasteiger partial charge is 0.508 e. The number of amides is 3. The number of carbonyl (C=O) groups is 4. The van der Waals surface area contributed by atoms with Crippen LogP contribution in [0.2, 0.25) is 0 Å². The van der Waals surface area contributed by atoms with Crippen molar-refractivity contribution in [2.75, 3.05) is 0 Å². The quantitative estimate of drug-likeness (QED) is 0.0784. The van der Waals surface area contributed by atoms with E-state index in [-0.39, 0.29) is 42.9 Å². The number of fused-ring (bicyclic) bond motifs is 1. The minimum atomic E-state index is -1.37. The third-order valence-electron chi connectivity index (χ3n) is 8.46. The lowest BCUT2D eigenvalue weighted by Gasteiger charge is -2.25. The molecular formula is C38H39N5O8. The molecule has 51 heavy (non-hydrogen) atoms. The zero-order valence-electron chi connectivity index (χ0n) is 27.5. The Balaban J connectivity index is 1.40. The molecule has 5 rings (SSSR count). The second kappa shape index (κ2) is 16.4. The molecule has 0 radical (unpaired) electrons. The maximum Gasteiger partial charge on any atom is 0.326 e. The van der Waals surface area contributed by atoms with E-state index in [2.05, 4.69) is 20.9 Å². The lowest BCUT2D eigenvalue weighted by molar-refractivity contribution is -0.142. The molecule has 13 heteroatoms. The number of aromatic nitrogens is 1. The van der Waals surface area contributed by atoms with Crippen molar-refractivity contribution in [2.24, 2.45) is 5.73 Å². The fourth-order valence-corrected chi connectivity index (χ4v) is 5.68. The number of para-hydroxylation sites is 1. The van der Waals surface area contributed by atoms with Gasteiger partial charge >= 0.3 is 5.97 Å². The van der Waals surface area contributed by atoms with Gasteiger partial charge in [0.1, 0.15) is 35.4 Å². The van der Waals surface area contributed by atoms with Crippen LogP contribution < -0.4 is 21.7 Å². The highest BCUT2D eigenvalue weighted by Gasteiger charge is 2.31. The molecule has 0 spiro atoms. The molecule has 0 aliphatic rings. The highest BCUT2D eigenvalue weighted by atomic mass is 16.4. The van der Waals surface area contributed by atoms with Crippen LogP contribution in [0, 0.1) is 0 Å². The Morgan fingerprint density at radius 3 is 1.53 bits per heavy atom. The monoisotopic (exact) mass is 693 g/mol. The van der Waals surface area contributed by atoms with Crippen LogP contribution in [0.1, 0.15) is 22.3 Å². The van der Waals surface area contributed by atoms with Crippen molar-refractivity contribution in [3.05, 3.63) is 126 Å². The van der Waals surface area contributed by atoms with Crippen LogP contribution in [0.15, 0.2) is 103 Å². The predicted octanol–water partition coefficient (Wildman–Crippen LogP) is 2.42. The van der Waals surface area contributed by atoms with E-state index >= 15 is 0 Å². The van der Waals surface area contributed by atoms with Gasteiger partial charge < -0.3 is 47.1 Å². The molecule has 4 atom stereocenters. The van der Waals surface area contributed by atoms with E-state index in [1.807, 2.05) is 24.3 Å². The van der Waals surface area contributed by atoms with Crippen LogP contribution in [0.5, 0.6) is 17.2 Å². The van der Waals surface area contributed by atoms with Gasteiger partial charge in [0, 0.05) is 36.4 Å². The van der Waals surface area contributed by atoms with E-state index in [9.17, 15) is 39.6 Å². The number of aromatic hydroxyl groups is 3. The molecule has 0 aliphatic heterocycles. The number of nitrogens with one attached hydrogen (secondary N) is 4. The number of phenols is 3. The molecule has 13 nitrogen and oxygen atoms in total. The number of benzene rings is 4. The Morgan fingerprint density at radius 1 is 0.569 bits per heavy atom. The Kier molecular flexibility index (Phi) is 11.5. The summed E-state index contributed by atoms with van der Waals surface area (Å²) >= 11 is 0. The molecule has 4 aromatic carbocycles. The number of phenolic OH excluding ortho intramolecular Hbond substituents is 3. The number of carboxylic acid groups (broad SMARTS) is 1. The molecule has 1 aromatic heterocycles. The standard InChI is InChI=1S/C38H39N5O8/c39-30(17-22-5-11-26(44)12-6-22)35(47)41-32(18-23-7-13-27(45)14-8-23)36(48)42-33(20-25-21-40-31-4-2-1-3-29(25)31)37(49)43-34(38(50)51)19-24-9-15-28(46)16-10-24/h1-16,21,30,32-34,40,44-46H,17-20,39H2,(H,41,47)(H,42,48)(H,43,49)(H,50,51). The van der Waals surface area contributed by atoms with Crippen molar-refractivity contribution in [3.63, 3.8) is 0 Å². The van der Waals surface area contributed by atoms with E-state index in [0.29, 0.717) is 22.3 Å². The van der Waals surface area contributed by atoms with Crippen molar-refractivity contribution in [1.82, 2.24) is 20.9 Å². The Bertz CT molecular complexity index is 1980. The topological polar surface area (TPSA) is 227 Å². The first-order valence-corrected chi connectivity index (χ1v) is 16.2. The first kappa shape index (κ1) is 36.0. The van der Waals surface area contributed by atoms with Crippen LogP contribution >= 0.6 is 0 Å². The molecule has 0 bridgehead atoms. The third-order valence-corrected chi connectivity index (χ3v) is 8.46. The summed E-state index contributed by atoms with van der Waals surface area (Å²) in [6, 6.07) is 20.6. The molecule has 1 heterocycles. The Hall–Kier alpha value is -6.34. The zero-order valence-corrected chi connectivity index (χ0v) is 27.5. The number of carbonyl (C=O) groups excluding carboxylic acids is 3. The molecule has 264 valence electrons. The fraction of sp³-hybridized carbons (Fsp3) is 0.211. The van der Waals surface area contributed by atoms with Crippen molar-refractivity contribution in [2.45, 2.75) is 49.9 Å². The third kappa shape index (κ3) is 9.86. The van der Waals surface area contributed by atoms with Gasteiger partial charge in [-0.15, -0.1) is 0 Å². The van der Waals surface area contributed by atoms with E-state index in [1.165, 1.54) is 36.4 Å². The van der Waals surface area contributed by atoms with E-state index in [1.54, 1.807) is 42.6 Å². The molecule has 0 saturated carbocycles. The average Bonchev–Trinajstić information content (AvgIpc) is 3.52. The first-order valence-electron chi connectivity index (χ1n) is 16.2. The number of aromatic amines is 1. The Morgan fingerprint density at radius 2 is 1.00 bits per heavy atom. The molecule has 0 aliphatic carbocycles. The van der Waals surface area contributed by atoms with Crippen LogP contribution in [0.3, 0.4) is 0 Å². The fourth-order valence-electron chi connectivity index (χ4n) is 5.68. The molecule has 0 fully saturated rings. The second-order valence-corrected chi connectivity index (χ2v) is 12.3. The smallest absolute Gasteiger partial charge is 0.326 e. The van der Waals surface area contributed by atoms with Crippen molar-refractivity contribution in [3.8, 4) is 17.2 Å². The molecule has 0 saturated heterocycles. The van der Waals surface area contributed by atoms with Gasteiger partial charge in [-0.05, 0) is 71.1 Å². The molecular weight excluding hydrogens is 654 g/mol. The normalized spacial score (nSPS) is 13.4. The van der Waals surface area contributed by atoms with Gasteiger partial charge in [-0.2, -0.15) is 0 Å². The number of carboxylic acids is 1. The highest BCUT2D eigenvalue weighted by Crippen LogP contribution is 2.20. The van der Waals surface area contributed by atoms with Gasteiger partial charge in [0.05, 0.1) is 6.04 Å². The second-order valence-electron chi connectivity index (χ2n) is 12.3. The van der Waals surface area contributed by atoms with Crippen LogP contribution in [-0.2, 0) is 44.9 Å². The minimum Gasteiger partial charge on any atom is -0.508 e. The van der Waals surface area contributed by atoms with Gasteiger partial charge in [-0.25, -0.2) is 4.79 Å². The number of H-pyrrole nitrogens is 1. The highest BCUT2D eigenvalue weighted by molar-refractivity contribution is 5.95. The summed E-state index contributed by atoms with van der Waals surface area (Å²) in [6.07, 6.45) is 1.69. The lowest BCUT2D eigenvalue weighted by Crippen LogP contribution is -2.58. The maximum atomic E-state index is 14.0. The maximum absolute atomic E-state index is 14.0. The average molecular weight is 694 g/mol. The van der Waals surface area contributed by atoms with Crippen LogP contribution in [0.25, 0.3) is 10.9 Å². The SMILES string of the molecule is NC(Cc1ccc(O)cc1)C(=O)NC(Cc1ccc(O)cc1)C(=O)NC(Cc1c[nH]c2ccccc12)C(=O)NC(Cc1ccc(O)cc1)C(=O)O. The van der Waals surface area contributed by atoms with Gasteiger partial charge in [0.25, 0.3) is 0 Å². The molecule has 3 amide bonds. The number of hydrogen-bond donors (Lipinski definition) is 9. The number of rotatable bonds is 15. The number of aliphatic carboxylic acids is 1. The summed E-state index contributed by atoms with van der Waals surface area (Å²) in [4.78, 5) is 56.7. The van der Waals surface area contributed by atoms with Crippen LogP contribution in [-0.4, -0.2) is 73.3 Å². The van der Waals surface area contributed by atoms with E-state index in [0.717, 1.165) is 10.9 Å². The van der Waals surface area contributed by atoms with Crippen molar-refractivity contribution < 1.29 is 39.6 Å². The number of hydrogen-bond acceptors (Lipinski definition) is 8. The van der Waals surface area contributed by atoms with Crippen molar-refractivity contribution in [1.29, 1.82) is 0 Å².